The zero-order valence-electron chi connectivity index (χ0n) is 14.7. The molecule has 2 amide bonds. The van der Waals surface area contributed by atoms with Gasteiger partial charge in [0.15, 0.2) is 0 Å². The first kappa shape index (κ1) is 19.4. The minimum absolute atomic E-state index is 0.0189. The number of aryl methyl sites for hydroxylation is 1. The van der Waals surface area contributed by atoms with E-state index in [0.717, 1.165) is 11.1 Å². The summed E-state index contributed by atoms with van der Waals surface area (Å²) in [6, 6.07) is 13.6. The number of aliphatic carboxylic acids is 1. The lowest BCUT2D eigenvalue weighted by Gasteiger charge is -2.19. The molecular formula is C20H23FN2O3. The molecule has 0 aliphatic carbocycles. The molecule has 6 heteroatoms. The molecule has 2 rings (SSSR count). The number of carbonyl (C=O) groups excluding carboxylic acids is 1. The highest BCUT2D eigenvalue weighted by Crippen LogP contribution is 2.10. The van der Waals surface area contributed by atoms with E-state index in [-0.39, 0.29) is 30.9 Å². The highest BCUT2D eigenvalue weighted by molar-refractivity contribution is 5.74. The lowest BCUT2D eigenvalue weighted by atomic mass is 10.0. The predicted molar refractivity (Wildman–Crippen MR) is 97.3 cm³/mol. The summed E-state index contributed by atoms with van der Waals surface area (Å²) >= 11 is 0. The minimum atomic E-state index is -0.896. The van der Waals surface area contributed by atoms with Crippen molar-refractivity contribution in [2.45, 2.75) is 38.8 Å². The van der Waals surface area contributed by atoms with Crippen molar-refractivity contribution >= 4 is 12.0 Å². The topological polar surface area (TPSA) is 78.4 Å². The van der Waals surface area contributed by atoms with Gasteiger partial charge >= 0.3 is 12.0 Å². The maximum absolute atomic E-state index is 13.3. The Morgan fingerprint density at radius 1 is 1.12 bits per heavy atom. The van der Waals surface area contributed by atoms with E-state index in [1.54, 1.807) is 19.1 Å². The number of halogens is 1. The third-order valence-corrected chi connectivity index (χ3v) is 4.04. The Balaban J connectivity index is 1.91. The lowest BCUT2D eigenvalue weighted by molar-refractivity contribution is -0.137. The van der Waals surface area contributed by atoms with Crippen molar-refractivity contribution in [1.29, 1.82) is 0 Å². The van der Waals surface area contributed by atoms with E-state index in [0.29, 0.717) is 18.4 Å². The molecule has 1 atom stereocenters. The van der Waals surface area contributed by atoms with Crippen LogP contribution in [0.2, 0.25) is 0 Å². The molecule has 0 aliphatic heterocycles. The Hall–Kier alpha value is -2.89. The average Bonchev–Trinajstić information content (AvgIpc) is 2.61. The van der Waals surface area contributed by atoms with Gasteiger partial charge in [-0.3, -0.25) is 4.79 Å². The van der Waals surface area contributed by atoms with Crippen LogP contribution in [-0.2, 0) is 17.8 Å². The Bertz CT molecular complexity index is 750. The summed E-state index contributed by atoms with van der Waals surface area (Å²) in [5.74, 6) is -1.18. The fourth-order valence-corrected chi connectivity index (χ4v) is 2.66. The standard InChI is InChI=1S/C20H23FN2O3/c1-14-11-16(7-9-18(14)21)13-22-20(26)23-17(8-10-19(24)25)12-15-5-3-2-4-6-15/h2-7,9,11,17H,8,10,12-13H2,1H3,(H,24,25)(H2,22,23,26). The number of rotatable bonds is 8. The van der Waals surface area contributed by atoms with Crippen LogP contribution in [-0.4, -0.2) is 23.1 Å². The third-order valence-electron chi connectivity index (χ3n) is 4.04. The van der Waals surface area contributed by atoms with Crippen LogP contribution >= 0.6 is 0 Å². The van der Waals surface area contributed by atoms with Gasteiger partial charge in [-0.05, 0) is 42.5 Å². The molecule has 26 heavy (non-hydrogen) atoms. The molecule has 0 saturated heterocycles. The third kappa shape index (κ3) is 6.55. The molecule has 0 aliphatic rings. The zero-order valence-corrected chi connectivity index (χ0v) is 14.7. The number of amides is 2. The number of nitrogens with one attached hydrogen (secondary N) is 2. The number of hydrogen-bond acceptors (Lipinski definition) is 2. The van der Waals surface area contributed by atoms with Gasteiger partial charge in [0.2, 0.25) is 0 Å². The second-order valence-electron chi connectivity index (χ2n) is 6.23. The molecule has 0 fully saturated rings. The fraction of sp³-hybridized carbons (Fsp3) is 0.300. The van der Waals surface area contributed by atoms with E-state index in [4.69, 9.17) is 5.11 Å². The van der Waals surface area contributed by atoms with Crippen molar-refractivity contribution in [2.75, 3.05) is 0 Å². The summed E-state index contributed by atoms with van der Waals surface area (Å²) in [6.45, 7) is 1.94. The normalized spacial score (nSPS) is 11.6. The van der Waals surface area contributed by atoms with E-state index < -0.39 is 5.97 Å². The van der Waals surface area contributed by atoms with Crippen molar-refractivity contribution in [3.8, 4) is 0 Å². The molecule has 0 bridgehead atoms. The van der Waals surface area contributed by atoms with Crippen molar-refractivity contribution < 1.29 is 19.1 Å². The van der Waals surface area contributed by atoms with Crippen LogP contribution in [0.1, 0.15) is 29.5 Å². The van der Waals surface area contributed by atoms with Gasteiger partial charge in [0.1, 0.15) is 5.82 Å². The van der Waals surface area contributed by atoms with E-state index in [9.17, 15) is 14.0 Å². The fourth-order valence-electron chi connectivity index (χ4n) is 2.66. The Morgan fingerprint density at radius 3 is 2.50 bits per heavy atom. The van der Waals surface area contributed by atoms with Gasteiger partial charge in [0.05, 0.1) is 0 Å². The van der Waals surface area contributed by atoms with E-state index in [2.05, 4.69) is 10.6 Å². The number of carboxylic acid groups (broad SMARTS) is 1. The maximum Gasteiger partial charge on any atom is 0.315 e. The molecule has 2 aromatic carbocycles. The first-order valence-corrected chi connectivity index (χ1v) is 8.49. The highest BCUT2D eigenvalue weighted by Gasteiger charge is 2.14. The summed E-state index contributed by atoms with van der Waals surface area (Å²) in [5, 5.41) is 14.5. The van der Waals surface area contributed by atoms with E-state index in [1.165, 1.54) is 6.07 Å². The van der Waals surface area contributed by atoms with Crippen molar-refractivity contribution in [2.24, 2.45) is 0 Å². The van der Waals surface area contributed by atoms with Gasteiger partial charge in [-0.25, -0.2) is 9.18 Å². The van der Waals surface area contributed by atoms with Gasteiger partial charge < -0.3 is 15.7 Å². The number of carboxylic acids is 1. The minimum Gasteiger partial charge on any atom is -0.481 e. The van der Waals surface area contributed by atoms with Crippen LogP contribution in [0.15, 0.2) is 48.5 Å². The number of carbonyl (C=O) groups is 2. The van der Waals surface area contributed by atoms with Crippen molar-refractivity contribution in [3.05, 3.63) is 71.0 Å². The molecule has 3 N–H and O–H groups in total. The SMILES string of the molecule is Cc1cc(CNC(=O)NC(CCC(=O)O)Cc2ccccc2)ccc1F. The Labute approximate surface area is 152 Å². The van der Waals surface area contributed by atoms with Crippen LogP contribution in [0.25, 0.3) is 0 Å². The van der Waals surface area contributed by atoms with Crippen LogP contribution in [0.5, 0.6) is 0 Å². The number of benzene rings is 2. The van der Waals surface area contributed by atoms with E-state index in [1.807, 2.05) is 30.3 Å². The lowest BCUT2D eigenvalue weighted by Crippen LogP contribution is -2.43. The van der Waals surface area contributed by atoms with Crippen LogP contribution in [0.4, 0.5) is 9.18 Å². The van der Waals surface area contributed by atoms with Crippen LogP contribution in [0.3, 0.4) is 0 Å². The molecule has 138 valence electrons. The number of hydrogen-bond donors (Lipinski definition) is 3. The Kier molecular flexibility index (Phi) is 7.14. The Morgan fingerprint density at radius 2 is 1.85 bits per heavy atom. The van der Waals surface area contributed by atoms with E-state index >= 15 is 0 Å². The maximum atomic E-state index is 13.3. The van der Waals surface area contributed by atoms with Gasteiger partial charge in [-0.15, -0.1) is 0 Å². The second-order valence-corrected chi connectivity index (χ2v) is 6.23. The molecule has 0 saturated carbocycles. The summed E-state index contributed by atoms with van der Waals surface area (Å²) in [7, 11) is 0. The van der Waals surface area contributed by atoms with Crippen molar-refractivity contribution in [1.82, 2.24) is 10.6 Å². The molecular weight excluding hydrogens is 335 g/mol. The summed E-state index contributed by atoms with van der Waals surface area (Å²) in [4.78, 5) is 23.0. The predicted octanol–water partition coefficient (Wildman–Crippen LogP) is 3.41. The highest BCUT2D eigenvalue weighted by atomic mass is 19.1. The quantitative estimate of drug-likeness (QED) is 0.677. The molecule has 1 unspecified atom stereocenters. The molecule has 0 radical (unpaired) electrons. The van der Waals surface area contributed by atoms with Gasteiger partial charge in [-0.1, -0.05) is 42.5 Å². The van der Waals surface area contributed by atoms with Crippen LogP contribution < -0.4 is 10.6 Å². The monoisotopic (exact) mass is 358 g/mol. The van der Waals surface area contributed by atoms with Gasteiger partial charge in [0.25, 0.3) is 0 Å². The second kappa shape index (κ2) is 9.56. The smallest absolute Gasteiger partial charge is 0.315 e. The van der Waals surface area contributed by atoms with Gasteiger partial charge in [0, 0.05) is 19.0 Å². The zero-order chi connectivity index (χ0) is 18.9. The molecule has 5 nitrogen and oxygen atoms in total. The number of urea groups is 1. The first-order chi connectivity index (χ1) is 12.4. The largest absolute Gasteiger partial charge is 0.481 e. The summed E-state index contributed by atoms with van der Waals surface area (Å²) < 4.78 is 13.3. The molecule has 0 aromatic heterocycles. The molecule has 0 spiro atoms. The van der Waals surface area contributed by atoms with Crippen molar-refractivity contribution in [3.63, 3.8) is 0 Å². The average molecular weight is 358 g/mol. The first-order valence-electron chi connectivity index (χ1n) is 8.49. The summed E-state index contributed by atoms with van der Waals surface area (Å²) in [6.07, 6.45) is 0.874. The van der Waals surface area contributed by atoms with Gasteiger partial charge in [-0.2, -0.15) is 0 Å². The molecule has 2 aromatic rings. The van der Waals surface area contributed by atoms with Crippen LogP contribution in [0, 0.1) is 12.7 Å². The molecule has 0 heterocycles. The summed E-state index contributed by atoms with van der Waals surface area (Å²) in [5.41, 5.74) is 2.34.